The van der Waals surface area contributed by atoms with Crippen LogP contribution in [0.2, 0.25) is 0 Å². The molecule has 34 heavy (non-hydrogen) atoms. The Balaban J connectivity index is 1.83. The molecule has 0 radical (unpaired) electrons. The summed E-state index contributed by atoms with van der Waals surface area (Å²) in [6, 6.07) is 21.9. The van der Waals surface area contributed by atoms with Gasteiger partial charge in [-0.2, -0.15) is 0 Å². The second kappa shape index (κ2) is 12.7. The van der Waals surface area contributed by atoms with Crippen LogP contribution in [-0.2, 0) is 24.1 Å². The summed E-state index contributed by atoms with van der Waals surface area (Å²) in [5, 5.41) is 0. The standard InChI is InChI=1S/C25H27BrN2O5S/c1-31-17-18-33-16-15-27-34(30,28-23-11-9-22(26)10-12-23)24-13-7-20(8-14-24)19-3-5-21(6-4-19)25(29)32-2/h3-14H,15-18H2,1-2H3,(H,27,28,30). The van der Waals surface area contributed by atoms with Crippen LogP contribution in [0.25, 0.3) is 11.1 Å². The van der Waals surface area contributed by atoms with Crippen LogP contribution < -0.4 is 4.72 Å². The van der Waals surface area contributed by atoms with Crippen LogP contribution in [0.15, 0.2) is 86.5 Å². The van der Waals surface area contributed by atoms with Crippen molar-refractivity contribution in [1.82, 2.24) is 0 Å². The lowest BCUT2D eigenvalue weighted by Gasteiger charge is -2.15. The second-order valence-electron chi connectivity index (χ2n) is 7.19. The first kappa shape index (κ1) is 25.9. The van der Waals surface area contributed by atoms with Gasteiger partial charge in [0.1, 0.15) is 0 Å². The van der Waals surface area contributed by atoms with Crippen LogP contribution >= 0.6 is 15.9 Å². The van der Waals surface area contributed by atoms with Crippen molar-refractivity contribution >= 4 is 37.5 Å². The number of methoxy groups -OCH3 is 2. The molecule has 0 aromatic heterocycles. The number of halogens is 1. The topological polar surface area (TPSA) is 86.2 Å². The highest BCUT2D eigenvalue weighted by molar-refractivity contribution is 9.10. The summed E-state index contributed by atoms with van der Waals surface area (Å²) >= 11 is 3.41. The van der Waals surface area contributed by atoms with Crippen LogP contribution in [0.4, 0.5) is 5.69 Å². The van der Waals surface area contributed by atoms with Gasteiger partial charge in [-0.1, -0.05) is 40.2 Å². The molecule has 0 aliphatic rings. The maximum Gasteiger partial charge on any atom is 0.337 e. The van der Waals surface area contributed by atoms with E-state index < -0.39 is 9.92 Å². The summed E-state index contributed by atoms with van der Waals surface area (Å²) in [6.45, 7) is 1.56. The monoisotopic (exact) mass is 546 g/mol. The first-order valence-electron chi connectivity index (χ1n) is 10.6. The van der Waals surface area contributed by atoms with Crippen molar-refractivity contribution in [2.24, 2.45) is 4.36 Å². The minimum atomic E-state index is -2.96. The van der Waals surface area contributed by atoms with Crippen molar-refractivity contribution in [2.75, 3.05) is 45.3 Å². The number of ether oxygens (including phenoxy) is 3. The van der Waals surface area contributed by atoms with E-state index in [1.807, 2.05) is 48.5 Å². The van der Waals surface area contributed by atoms with E-state index in [2.05, 4.69) is 25.0 Å². The fourth-order valence-electron chi connectivity index (χ4n) is 3.07. The van der Waals surface area contributed by atoms with Crippen molar-refractivity contribution in [3.05, 3.63) is 82.8 Å². The molecule has 0 fully saturated rings. The highest BCUT2D eigenvalue weighted by Crippen LogP contribution is 2.25. The Morgan fingerprint density at radius 2 is 1.50 bits per heavy atom. The molecule has 180 valence electrons. The zero-order chi connectivity index (χ0) is 24.4. The summed E-state index contributed by atoms with van der Waals surface area (Å²) in [6.07, 6.45) is 0. The van der Waals surface area contributed by atoms with Gasteiger partial charge in [0.15, 0.2) is 9.92 Å². The van der Waals surface area contributed by atoms with Gasteiger partial charge in [0.2, 0.25) is 0 Å². The van der Waals surface area contributed by atoms with Gasteiger partial charge in [0, 0.05) is 17.3 Å². The van der Waals surface area contributed by atoms with Gasteiger partial charge in [-0.05, 0) is 59.7 Å². The Bertz CT molecular complexity index is 1190. The maximum atomic E-state index is 13.9. The molecule has 3 rings (SSSR count). The van der Waals surface area contributed by atoms with E-state index in [1.54, 1.807) is 31.4 Å². The Labute approximate surface area is 208 Å². The Kier molecular flexibility index (Phi) is 9.64. The number of carbonyl (C=O) groups is 1. The molecule has 3 aromatic rings. The summed E-state index contributed by atoms with van der Waals surface area (Å²) < 4.78 is 37.6. The van der Waals surface area contributed by atoms with Crippen LogP contribution in [0.1, 0.15) is 10.4 Å². The number of nitrogens with one attached hydrogen (secondary N) is 1. The average Bonchev–Trinajstić information content (AvgIpc) is 2.87. The average molecular weight is 547 g/mol. The lowest BCUT2D eigenvalue weighted by Crippen LogP contribution is -2.15. The lowest BCUT2D eigenvalue weighted by molar-refractivity contribution is 0.0600. The third kappa shape index (κ3) is 7.14. The molecule has 0 heterocycles. The first-order chi connectivity index (χ1) is 16.4. The quantitative estimate of drug-likeness (QED) is 0.256. The molecule has 0 spiro atoms. The summed E-state index contributed by atoms with van der Waals surface area (Å²) in [5.74, 6) is -0.381. The van der Waals surface area contributed by atoms with E-state index in [1.165, 1.54) is 7.11 Å². The van der Waals surface area contributed by atoms with E-state index >= 15 is 0 Å². The molecule has 0 saturated heterocycles. The SMILES string of the molecule is COCCOCCN=S(=O)(Nc1ccc(Br)cc1)c1ccc(-c2ccc(C(=O)OC)cc2)cc1. The smallest absolute Gasteiger partial charge is 0.337 e. The molecule has 3 aromatic carbocycles. The Hall–Kier alpha value is -2.72. The molecule has 9 heteroatoms. The normalized spacial score (nSPS) is 12.6. The molecule has 1 N–H and O–H groups in total. The summed E-state index contributed by atoms with van der Waals surface area (Å²) in [7, 11) is 0.00430. The van der Waals surface area contributed by atoms with E-state index in [0.717, 1.165) is 15.6 Å². The van der Waals surface area contributed by atoms with Crippen molar-refractivity contribution in [3.8, 4) is 11.1 Å². The number of rotatable bonds is 11. The molecule has 1 unspecified atom stereocenters. The Morgan fingerprint density at radius 1 is 0.882 bits per heavy atom. The van der Waals surface area contributed by atoms with Gasteiger partial charge in [-0.25, -0.2) is 13.4 Å². The molecule has 1 atom stereocenters. The predicted molar refractivity (Wildman–Crippen MR) is 137 cm³/mol. The van der Waals surface area contributed by atoms with Gasteiger partial charge < -0.3 is 14.2 Å². The minimum Gasteiger partial charge on any atom is -0.465 e. The van der Waals surface area contributed by atoms with Crippen LogP contribution in [0, 0.1) is 0 Å². The molecule has 0 aliphatic carbocycles. The molecule has 0 aliphatic heterocycles. The molecule has 7 nitrogen and oxygen atoms in total. The second-order valence-corrected chi connectivity index (χ2v) is 10.1. The predicted octanol–water partition coefficient (Wildman–Crippen LogP) is 5.42. The summed E-state index contributed by atoms with van der Waals surface area (Å²) in [5.41, 5.74) is 3.03. The maximum absolute atomic E-state index is 13.9. The number of benzene rings is 3. The minimum absolute atomic E-state index is 0.267. The van der Waals surface area contributed by atoms with Crippen LogP contribution in [0.3, 0.4) is 0 Å². The van der Waals surface area contributed by atoms with Crippen LogP contribution in [0.5, 0.6) is 0 Å². The zero-order valence-corrected chi connectivity index (χ0v) is 21.4. The Morgan fingerprint density at radius 3 is 2.09 bits per heavy atom. The van der Waals surface area contributed by atoms with Crippen molar-refractivity contribution in [3.63, 3.8) is 0 Å². The van der Waals surface area contributed by atoms with Gasteiger partial charge in [-0.15, -0.1) is 0 Å². The van der Waals surface area contributed by atoms with Crippen molar-refractivity contribution < 1.29 is 23.2 Å². The third-order valence-electron chi connectivity index (χ3n) is 4.85. The zero-order valence-electron chi connectivity index (χ0n) is 19.0. The van der Waals surface area contributed by atoms with Gasteiger partial charge in [0.25, 0.3) is 0 Å². The molecule has 0 amide bonds. The van der Waals surface area contributed by atoms with Crippen LogP contribution in [-0.4, -0.2) is 50.8 Å². The highest BCUT2D eigenvalue weighted by Gasteiger charge is 2.14. The number of anilines is 1. The van der Waals surface area contributed by atoms with Crippen molar-refractivity contribution in [2.45, 2.75) is 4.90 Å². The van der Waals surface area contributed by atoms with Gasteiger partial charge in [0.05, 0.1) is 43.9 Å². The van der Waals surface area contributed by atoms with E-state index in [9.17, 15) is 9.00 Å². The van der Waals surface area contributed by atoms with E-state index in [4.69, 9.17) is 14.2 Å². The van der Waals surface area contributed by atoms with E-state index in [0.29, 0.717) is 36.0 Å². The third-order valence-corrected chi connectivity index (χ3v) is 7.35. The largest absolute Gasteiger partial charge is 0.465 e. The number of carbonyl (C=O) groups excluding carboxylic acids is 1. The highest BCUT2D eigenvalue weighted by atomic mass is 79.9. The van der Waals surface area contributed by atoms with Gasteiger partial charge >= 0.3 is 5.97 Å². The molecular weight excluding hydrogens is 520 g/mol. The lowest BCUT2D eigenvalue weighted by atomic mass is 10.0. The molecular formula is C25H27BrN2O5S. The molecule has 0 bridgehead atoms. The van der Waals surface area contributed by atoms with Crippen molar-refractivity contribution in [1.29, 1.82) is 0 Å². The molecule has 0 saturated carbocycles. The van der Waals surface area contributed by atoms with E-state index in [-0.39, 0.29) is 12.5 Å². The van der Waals surface area contributed by atoms with Gasteiger partial charge in [-0.3, -0.25) is 4.72 Å². The number of esters is 1. The number of hydrogen-bond acceptors (Lipinski definition) is 6. The summed E-state index contributed by atoms with van der Waals surface area (Å²) in [4.78, 5) is 12.2. The number of hydrogen-bond donors (Lipinski definition) is 1. The first-order valence-corrected chi connectivity index (χ1v) is 12.9. The fraction of sp³-hybridized carbons (Fsp3) is 0.240. The fourth-order valence-corrected chi connectivity index (χ4v) is 4.95. The number of nitrogens with zero attached hydrogens (tertiary/aromatic N) is 1.